The first-order valence-electron chi connectivity index (χ1n) is 11.0. The molecule has 0 saturated carbocycles. The van der Waals surface area contributed by atoms with Gasteiger partial charge in [-0.25, -0.2) is 9.18 Å². The maximum absolute atomic E-state index is 15.2. The summed E-state index contributed by atoms with van der Waals surface area (Å²) in [5.74, 6) is -0.550. The van der Waals surface area contributed by atoms with Gasteiger partial charge in [0.25, 0.3) is 0 Å². The molecule has 2 aliphatic heterocycles. The number of carbonyl (C=O) groups is 2. The minimum absolute atomic E-state index is 0.0417. The molecule has 2 amide bonds. The Morgan fingerprint density at radius 1 is 1.34 bits per heavy atom. The van der Waals surface area contributed by atoms with Crippen molar-refractivity contribution < 1.29 is 18.7 Å². The van der Waals surface area contributed by atoms with Crippen molar-refractivity contribution in [3.63, 3.8) is 0 Å². The molecule has 3 heterocycles. The summed E-state index contributed by atoms with van der Waals surface area (Å²) in [5.41, 5.74) is 0.988. The van der Waals surface area contributed by atoms with Gasteiger partial charge in [0, 0.05) is 24.4 Å². The first-order chi connectivity index (χ1) is 15.4. The summed E-state index contributed by atoms with van der Waals surface area (Å²) in [6.45, 7) is 4.82. The van der Waals surface area contributed by atoms with Crippen molar-refractivity contribution in [2.45, 2.75) is 51.4 Å². The Bertz CT molecular complexity index is 955. The topological polar surface area (TPSA) is 73.9 Å². The van der Waals surface area contributed by atoms with Gasteiger partial charge in [-0.2, -0.15) is 0 Å². The van der Waals surface area contributed by atoms with E-state index in [2.05, 4.69) is 33.9 Å². The number of ether oxygens (including phenoxy) is 1. The van der Waals surface area contributed by atoms with Gasteiger partial charge in [-0.3, -0.25) is 15.0 Å². The van der Waals surface area contributed by atoms with E-state index in [9.17, 15) is 9.59 Å². The third kappa shape index (κ3) is 5.05. The maximum Gasteiger partial charge on any atom is 0.414 e. The molecule has 1 aromatic carbocycles. The highest BCUT2D eigenvalue weighted by atomic mass is 32.1. The third-order valence-electron chi connectivity index (χ3n) is 5.92. The summed E-state index contributed by atoms with van der Waals surface area (Å²) in [7, 11) is 0. The molecule has 7 nitrogen and oxygen atoms in total. The second-order valence-corrected chi connectivity index (χ2v) is 9.28. The second kappa shape index (κ2) is 9.87. The fourth-order valence-corrected chi connectivity index (χ4v) is 5.04. The van der Waals surface area contributed by atoms with Crippen molar-refractivity contribution in [1.29, 1.82) is 0 Å². The standard InChI is InChI=1S/C23H29FN4O3S/c1-15(21-6-5-11-32-21)26-22-7-3-4-10-27(22)20-9-8-17(12-19(20)24)28-14-18(31-23(28)30)13-25-16(2)29/h5-6,8-9,11-12,15,18,22,26H,3-4,7,10,13-14H2,1-2H3,(H,25,29)/t15-,18-,22-/m0/s1. The minimum atomic E-state index is -0.533. The van der Waals surface area contributed by atoms with Crippen molar-refractivity contribution in [2.75, 3.05) is 29.4 Å². The van der Waals surface area contributed by atoms with Crippen molar-refractivity contribution >= 4 is 34.7 Å². The van der Waals surface area contributed by atoms with Gasteiger partial charge in [-0.15, -0.1) is 11.3 Å². The van der Waals surface area contributed by atoms with Crippen LogP contribution in [0.25, 0.3) is 0 Å². The largest absolute Gasteiger partial charge is 0.442 e. The molecule has 3 atom stereocenters. The molecule has 1 aromatic heterocycles. The van der Waals surface area contributed by atoms with Gasteiger partial charge in [-0.1, -0.05) is 6.07 Å². The molecule has 0 spiro atoms. The predicted octanol–water partition coefficient (Wildman–Crippen LogP) is 4.02. The van der Waals surface area contributed by atoms with Crippen LogP contribution in [-0.4, -0.2) is 43.9 Å². The molecule has 32 heavy (non-hydrogen) atoms. The lowest BCUT2D eigenvalue weighted by Crippen LogP contribution is -2.49. The number of amides is 2. The van der Waals surface area contributed by atoms with Crippen molar-refractivity contribution in [2.24, 2.45) is 0 Å². The fourth-order valence-electron chi connectivity index (χ4n) is 4.29. The van der Waals surface area contributed by atoms with Gasteiger partial charge in [0.2, 0.25) is 5.91 Å². The Balaban J connectivity index is 1.47. The number of piperidine rings is 1. The molecular weight excluding hydrogens is 431 g/mol. The van der Waals surface area contributed by atoms with Crippen LogP contribution >= 0.6 is 11.3 Å². The third-order valence-corrected chi connectivity index (χ3v) is 6.98. The highest BCUT2D eigenvalue weighted by Gasteiger charge is 2.33. The molecule has 2 N–H and O–H groups in total. The van der Waals surface area contributed by atoms with Gasteiger partial charge in [0.05, 0.1) is 30.6 Å². The summed E-state index contributed by atoms with van der Waals surface area (Å²) in [4.78, 5) is 28.1. The van der Waals surface area contributed by atoms with Gasteiger partial charge < -0.3 is 15.0 Å². The average molecular weight is 461 g/mol. The Morgan fingerprint density at radius 3 is 2.91 bits per heavy atom. The lowest BCUT2D eigenvalue weighted by atomic mass is 10.0. The molecule has 2 fully saturated rings. The smallest absolute Gasteiger partial charge is 0.414 e. The molecule has 2 aliphatic rings. The number of benzene rings is 1. The number of thiophene rings is 1. The monoisotopic (exact) mass is 460 g/mol. The van der Waals surface area contributed by atoms with E-state index in [4.69, 9.17) is 4.74 Å². The Hall–Kier alpha value is -2.65. The first-order valence-corrected chi connectivity index (χ1v) is 11.9. The molecule has 172 valence electrons. The highest BCUT2D eigenvalue weighted by molar-refractivity contribution is 7.10. The van der Waals surface area contributed by atoms with Crippen molar-refractivity contribution in [3.05, 3.63) is 46.4 Å². The van der Waals surface area contributed by atoms with E-state index < -0.39 is 12.2 Å². The average Bonchev–Trinajstić information content (AvgIpc) is 3.43. The van der Waals surface area contributed by atoms with Gasteiger partial charge in [-0.05, 0) is 55.8 Å². The molecule has 0 bridgehead atoms. The van der Waals surface area contributed by atoms with Crippen LogP contribution in [0.4, 0.5) is 20.6 Å². The minimum Gasteiger partial charge on any atom is -0.442 e. The summed E-state index contributed by atoms with van der Waals surface area (Å²) in [5, 5.41) is 8.36. The van der Waals surface area contributed by atoms with E-state index in [1.165, 1.54) is 22.8 Å². The molecule has 2 aromatic rings. The van der Waals surface area contributed by atoms with Crippen LogP contribution in [-0.2, 0) is 9.53 Å². The lowest BCUT2D eigenvalue weighted by molar-refractivity contribution is -0.119. The SMILES string of the molecule is CC(=O)NC[C@H]1CN(c2ccc(N3CCCC[C@H]3N[C@@H](C)c3cccs3)c(F)c2)C(=O)O1. The Kier molecular flexibility index (Phi) is 6.95. The van der Waals surface area contributed by atoms with E-state index in [0.29, 0.717) is 11.4 Å². The second-order valence-electron chi connectivity index (χ2n) is 8.30. The number of rotatable bonds is 7. The number of halogens is 1. The van der Waals surface area contributed by atoms with Crippen LogP contribution in [0.3, 0.4) is 0 Å². The Morgan fingerprint density at radius 2 is 2.19 bits per heavy atom. The van der Waals surface area contributed by atoms with E-state index in [1.807, 2.05) is 6.07 Å². The van der Waals surface area contributed by atoms with Crippen molar-refractivity contribution in [1.82, 2.24) is 10.6 Å². The number of carbonyl (C=O) groups excluding carboxylic acids is 2. The van der Waals surface area contributed by atoms with Crippen LogP contribution in [0.15, 0.2) is 35.7 Å². The van der Waals surface area contributed by atoms with E-state index in [0.717, 1.165) is 25.8 Å². The van der Waals surface area contributed by atoms with E-state index in [-0.39, 0.29) is 37.0 Å². The summed E-state index contributed by atoms with van der Waals surface area (Å²) in [6, 6.07) is 9.23. The normalized spacial score (nSPS) is 22.0. The van der Waals surface area contributed by atoms with Crippen LogP contribution in [0, 0.1) is 5.82 Å². The van der Waals surface area contributed by atoms with Crippen molar-refractivity contribution in [3.8, 4) is 0 Å². The molecule has 0 aliphatic carbocycles. The number of hydrogen-bond acceptors (Lipinski definition) is 6. The zero-order valence-corrected chi connectivity index (χ0v) is 19.2. The summed E-state index contributed by atoms with van der Waals surface area (Å²) >= 11 is 1.71. The zero-order chi connectivity index (χ0) is 22.7. The molecular formula is C23H29FN4O3S. The maximum atomic E-state index is 15.2. The molecule has 4 rings (SSSR count). The number of hydrogen-bond donors (Lipinski definition) is 2. The molecule has 0 unspecified atom stereocenters. The number of cyclic esters (lactones) is 1. The van der Waals surface area contributed by atoms with E-state index in [1.54, 1.807) is 23.5 Å². The van der Waals surface area contributed by atoms with Crippen LogP contribution in [0.5, 0.6) is 0 Å². The lowest BCUT2D eigenvalue weighted by Gasteiger charge is -2.39. The number of nitrogens with zero attached hydrogens (tertiary/aromatic N) is 2. The summed E-state index contributed by atoms with van der Waals surface area (Å²) in [6.07, 6.45) is 2.11. The van der Waals surface area contributed by atoms with Crippen LogP contribution in [0.1, 0.15) is 44.0 Å². The quantitative estimate of drug-likeness (QED) is 0.653. The molecule has 0 radical (unpaired) electrons. The van der Waals surface area contributed by atoms with E-state index >= 15 is 4.39 Å². The fraction of sp³-hybridized carbons (Fsp3) is 0.478. The predicted molar refractivity (Wildman–Crippen MR) is 124 cm³/mol. The number of anilines is 2. The van der Waals surface area contributed by atoms with Gasteiger partial charge in [0.15, 0.2) is 0 Å². The Labute approximate surface area is 191 Å². The summed E-state index contributed by atoms with van der Waals surface area (Å²) < 4.78 is 20.5. The number of nitrogens with one attached hydrogen (secondary N) is 2. The van der Waals surface area contributed by atoms with Crippen LogP contribution < -0.4 is 20.4 Å². The molecule has 9 heteroatoms. The zero-order valence-electron chi connectivity index (χ0n) is 18.3. The van der Waals surface area contributed by atoms with Gasteiger partial charge >= 0.3 is 6.09 Å². The molecule has 2 saturated heterocycles. The first kappa shape index (κ1) is 22.5. The van der Waals surface area contributed by atoms with Gasteiger partial charge in [0.1, 0.15) is 11.9 Å². The highest BCUT2D eigenvalue weighted by Crippen LogP contribution is 2.32. The van der Waals surface area contributed by atoms with Crippen LogP contribution in [0.2, 0.25) is 0 Å².